The number of carboxylic acid groups (broad SMARTS) is 1. The van der Waals surface area contributed by atoms with Crippen LogP contribution in [0.2, 0.25) is 0 Å². The molecule has 4 bridgehead atoms. The Kier molecular flexibility index (Phi) is 2.96. The average molecular weight is 268 g/mol. The van der Waals surface area contributed by atoms with Crippen LogP contribution in [0.15, 0.2) is 0 Å². The van der Waals surface area contributed by atoms with Crippen LogP contribution < -0.4 is 10.6 Å². The van der Waals surface area contributed by atoms with Gasteiger partial charge in [0, 0.05) is 5.54 Å². The van der Waals surface area contributed by atoms with Crippen molar-refractivity contribution in [2.24, 2.45) is 17.8 Å². The van der Waals surface area contributed by atoms with Crippen molar-refractivity contribution in [3.8, 4) is 0 Å². The van der Waals surface area contributed by atoms with Crippen LogP contribution in [0.1, 0.15) is 38.5 Å². The third-order valence-corrected chi connectivity index (χ3v) is 5.06. The molecular weight excluding hydrogens is 248 g/mol. The summed E-state index contributed by atoms with van der Waals surface area (Å²) in [6, 6.07) is 0. The molecule has 0 spiro atoms. The number of thiocarbonyl (C=S) groups is 1. The van der Waals surface area contributed by atoms with Gasteiger partial charge >= 0.3 is 5.97 Å². The maximum absolute atomic E-state index is 10.5. The van der Waals surface area contributed by atoms with Crippen molar-refractivity contribution in [3.05, 3.63) is 0 Å². The first-order valence-corrected chi connectivity index (χ1v) is 7.23. The number of hydrogen-bond acceptors (Lipinski definition) is 2. The van der Waals surface area contributed by atoms with Crippen LogP contribution in [0.5, 0.6) is 0 Å². The lowest BCUT2D eigenvalue weighted by molar-refractivity contribution is -0.135. The normalized spacial score (nSPS) is 40.6. The summed E-state index contributed by atoms with van der Waals surface area (Å²) in [5.41, 5.74) is 0.164. The molecule has 4 aliphatic carbocycles. The van der Waals surface area contributed by atoms with Gasteiger partial charge in [-0.05, 0) is 68.5 Å². The van der Waals surface area contributed by atoms with E-state index < -0.39 is 5.97 Å². The van der Waals surface area contributed by atoms with Gasteiger partial charge in [-0.2, -0.15) is 0 Å². The standard InChI is InChI=1S/C13H20N2O2S/c16-11(17)7-14-12(18)15-13-4-8-1-9(5-13)3-10(2-8)6-13/h8-10H,1-7H2,(H,16,17)(H2,14,15,18). The van der Waals surface area contributed by atoms with Gasteiger partial charge in [-0.1, -0.05) is 0 Å². The quantitative estimate of drug-likeness (QED) is 0.677. The fraction of sp³-hybridized carbons (Fsp3) is 0.846. The second-order valence-electron chi connectivity index (χ2n) is 6.40. The van der Waals surface area contributed by atoms with E-state index in [0.29, 0.717) is 5.11 Å². The summed E-state index contributed by atoms with van der Waals surface area (Å²) < 4.78 is 0. The fourth-order valence-corrected chi connectivity index (χ4v) is 4.99. The average Bonchev–Trinajstić information content (AvgIpc) is 2.23. The molecule has 18 heavy (non-hydrogen) atoms. The lowest BCUT2D eigenvalue weighted by Gasteiger charge is -2.57. The maximum Gasteiger partial charge on any atom is 0.322 e. The molecule has 0 unspecified atom stereocenters. The van der Waals surface area contributed by atoms with Crippen molar-refractivity contribution in [3.63, 3.8) is 0 Å². The van der Waals surface area contributed by atoms with Crippen molar-refractivity contribution in [2.75, 3.05) is 6.54 Å². The molecule has 0 heterocycles. The van der Waals surface area contributed by atoms with Crippen LogP contribution in [0, 0.1) is 17.8 Å². The molecule has 3 N–H and O–H groups in total. The van der Waals surface area contributed by atoms with Gasteiger partial charge in [0.25, 0.3) is 0 Å². The Bertz CT molecular complexity index is 348. The van der Waals surface area contributed by atoms with Gasteiger partial charge in [0.15, 0.2) is 5.11 Å². The fourth-order valence-electron chi connectivity index (χ4n) is 4.70. The van der Waals surface area contributed by atoms with E-state index in [4.69, 9.17) is 17.3 Å². The minimum atomic E-state index is -0.871. The van der Waals surface area contributed by atoms with E-state index in [1.54, 1.807) is 0 Å². The molecule has 5 heteroatoms. The van der Waals surface area contributed by atoms with Crippen LogP contribution in [-0.2, 0) is 4.79 Å². The molecule has 0 atom stereocenters. The highest BCUT2D eigenvalue weighted by atomic mass is 32.1. The molecule has 4 aliphatic rings. The predicted octanol–water partition coefficient (Wildman–Crippen LogP) is 1.50. The third kappa shape index (κ3) is 2.32. The Morgan fingerprint density at radius 1 is 1.17 bits per heavy atom. The second kappa shape index (κ2) is 4.37. The largest absolute Gasteiger partial charge is 0.480 e. The zero-order chi connectivity index (χ0) is 12.8. The summed E-state index contributed by atoms with van der Waals surface area (Å²) in [7, 11) is 0. The Morgan fingerprint density at radius 2 is 1.67 bits per heavy atom. The van der Waals surface area contributed by atoms with E-state index in [1.165, 1.54) is 38.5 Å². The van der Waals surface area contributed by atoms with Crippen LogP contribution in [-0.4, -0.2) is 28.3 Å². The van der Waals surface area contributed by atoms with Crippen LogP contribution in [0.4, 0.5) is 0 Å². The van der Waals surface area contributed by atoms with Gasteiger partial charge in [0.2, 0.25) is 0 Å². The summed E-state index contributed by atoms with van der Waals surface area (Å²) in [6.07, 6.45) is 7.85. The van der Waals surface area contributed by atoms with Crippen molar-refractivity contribution in [2.45, 2.75) is 44.1 Å². The molecule has 0 aromatic carbocycles. The van der Waals surface area contributed by atoms with E-state index in [1.807, 2.05) is 0 Å². The number of nitrogens with one attached hydrogen (secondary N) is 2. The van der Waals surface area contributed by atoms with E-state index in [9.17, 15) is 4.79 Å². The molecule has 4 rings (SSSR count). The molecule has 100 valence electrons. The monoisotopic (exact) mass is 268 g/mol. The van der Waals surface area contributed by atoms with E-state index >= 15 is 0 Å². The van der Waals surface area contributed by atoms with Crippen molar-refractivity contribution in [1.29, 1.82) is 0 Å². The molecule has 0 amide bonds. The lowest BCUT2D eigenvalue weighted by Crippen LogP contribution is -2.61. The van der Waals surface area contributed by atoms with Gasteiger partial charge in [-0.15, -0.1) is 0 Å². The molecule has 0 radical (unpaired) electrons. The van der Waals surface area contributed by atoms with Gasteiger partial charge in [-0.3, -0.25) is 4.79 Å². The topological polar surface area (TPSA) is 61.4 Å². The van der Waals surface area contributed by atoms with Gasteiger partial charge in [0.05, 0.1) is 0 Å². The first-order valence-electron chi connectivity index (χ1n) is 6.82. The summed E-state index contributed by atoms with van der Waals surface area (Å²) in [5.74, 6) is 1.73. The molecule has 4 nitrogen and oxygen atoms in total. The van der Waals surface area contributed by atoms with E-state index in [-0.39, 0.29) is 12.1 Å². The summed E-state index contributed by atoms with van der Waals surface area (Å²) in [6.45, 7) is -0.0990. The molecule has 4 fully saturated rings. The molecule has 0 aromatic rings. The van der Waals surface area contributed by atoms with Gasteiger partial charge < -0.3 is 15.7 Å². The van der Waals surface area contributed by atoms with E-state index in [2.05, 4.69) is 10.6 Å². The highest BCUT2D eigenvalue weighted by Crippen LogP contribution is 2.55. The number of hydrogen-bond donors (Lipinski definition) is 3. The maximum atomic E-state index is 10.5. The van der Waals surface area contributed by atoms with Crippen LogP contribution >= 0.6 is 12.2 Å². The van der Waals surface area contributed by atoms with E-state index in [0.717, 1.165) is 17.8 Å². The SMILES string of the molecule is O=C(O)CNC(=S)NC12CC3CC(CC(C3)C1)C2. The molecule has 0 aromatic heterocycles. The summed E-state index contributed by atoms with van der Waals surface area (Å²) in [5, 5.41) is 15.4. The van der Waals surface area contributed by atoms with Crippen LogP contribution in [0.3, 0.4) is 0 Å². The van der Waals surface area contributed by atoms with Crippen molar-refractivity contribution >= 4 is 23.3 Å². The first-order chi connectivity index (χ1) is 8.55. The number of carboxylic acids is 1. The first kappa shape index (κ1) is 12.2. The second-order valence-corrected chi connectivity index (χ2v) is 6.81. The van der Waals surface area contributed by atoms with Crippen molar-refractivity contribution in [1.82, 2.24) is 10.6 Å². The van der Waals surface area contributed by atoms with Crippen molar-refractivity contribution < 1.29 is 9.90 Å². The number of carbonyl (C=O) groups is 1. The minimum absolute atomic E-state index is 0.0990. The summed E-state index contributed by atoms with van der Waals surface area (Å²) >= 11 is 5.22. The van der Waals surface area contributed by atoms with Gasteiger partial charge in [-0.25, -0.2) is 0 Å². The number of rotatable bonds is 3. The molecular formula is C13H20N2O2S. The Morgan fingerprint density at radius 3 is 2.11 bits per heavy atom. The van der Waals surface area contributed by atoms with Gasteiger partial charge in [0.1, 0.15) is 6.54 Å². The Labute approximate surface area is 113 Å². The molecule has 0 saturated heterocycles. The molecule has 0 aliphatic heterocycles. The Balaban J connectivity index is 1.61. The Hall–Kier alpha value is -0.840. The number of aliphatic carboxylic acids is 1. The third-order valence-electron chi connectivity index (χ3n) is 4.82. The zero-order valence-electron chi connectivity index (χ0n) is 10.4. The molecule has 4 saturated carbocycles. The smallest absolute Gasteiger partial charge is 0.322 e. The zero-order valence-corrected chi connectivity index (χ0v) is 11.3. The van der Waals surface area contributed by atoms with Crippen LogP contribution in [0.25, 0.3) is 0 Å². The summed E-state index contributed by atoms with van der Waals surface area (Å²) in [4.78, 5) is 10.5. The highest BCUT2D eigenvalue weighted by molar-refractivity contribution is 7.80. The minimum Gasteiger partial charge on any atom is -0.480 e. The highest BCUT2D eigenvalue weighted by Gasteiger charge is 2.51. The predicted molar refractivity (Wildman–Crippen MR) is 72.3 cm³/mol. The lowest BCUT2D eigenvalue weighted by atomic mass is 9.53.